The Hall–Kier alpha value is -3.09. The number of benzene rings is 2. The van der Waals surface area contributed by atoms with Crippen molar-refractivity contribution in [3.05, 3.63) is 66.0 Å². The third-order valence-corrected chi connectivity index (χ3v) is 5.27. The number of piperazine rings is 1. The number of carbonyl (C=O) groups is 2. The van der Waals surface area contributed by atoms with E-state index in [2.05, 4.69) is 27.7 Å². The SMILES string of the molecule is CC(C)[C@@H](NC(=O)N1CCN(c2ccccc2)CC1)C(=O)NCc1cccc(F)c1. The Morgan fingerprint density at radius 1 is 1.00 bits per heavy atom. The predicted octanol–water partition coefficient (Wildman–Crippen LogP) is 3.00. The first-order valence-electron chi connectivity index (χ1n) is 10.3. The van der Waals surface area contributed by atoms with Crippen LogP contribution in [-0.2, 0) is 11.3 Å². The van der Waals surface area contributed by atoms with E-state index in [4.69, 9.17) is 0 Å². The molecule has 1 fully saturated rings. The Bertz CT molecular complexity index is 851. The van der Waals surface area contributed by atoms with Gasteiger partial charge in [-0.2, -0.15) is 0 Å². The normalized spacial score (nSPS) is 15.1. The smallest absolute Gasteiger partial charge is 0.318 e. The van der Waals surface area contributed by atoms with Gasteiger partial charge in [0.05, 0.1) is 0 Å². The van der Waals surface area contributed by atoms with Crippen molar-refractivity contribution in [1.29, 1.82) is 0 Å². The van der Waals surface area contributed by atoms with Gasteiger partial charge in [0.2, 0.25) is 5.91 Å². The number of nitrogens with zero attached hydrogens (tertiary/aromatic N) is 2. The van der Waals surface area contributed by atoms with E-state index in [1.54, 1.807) is 17.0 Å². The summed E-state index contributed by atoms with van der Waals surface area (Å²) < 4.78 is 13.3. The summed E-state index contributed by atoms with van der Waals surface area (Å²) in [6.07, 6.45) is 0. The van der Waals surface area contributed by atoms with Crippen molar-refractivity contribution in [3.63, 3.8) is 0 Å². The summed E-state index contributed by atoms with van der Waals surface area (Å²) in [5, 5.41) is 5.67. The van der Waals surface area contributed by atoms with Gasteiger partial charge in [-0.3, -0.25) is 4.79 Å². The standard InChI is InChI=1S/C23H29FN4O2/c1-17(2)21(22(29)25-16-18-7-6-8-19(24)15-18)26-23(30)28-13-11-27(12-14-28)20-9-4-3-5-10-20/h3-10,15,17,21H,11-14,16H2,1-2H3,(H,25,29)(H,26,30)/t21-/m1/s1. The number of amides is 3. The lowest BCUT2D eigenvalue weighted by molar-refractivity contribution is -0.124. The molecule has 2 aromatic carbocycles. The van der Waals surface area contributed by atoms with Gasteiger partial charge in [-0.1, -0.05) is 44.2 Å². The van der Waals surface area contributed by atoms with Crippen LogP contribution in [0.25, 0.3) is 0 Å². The lowest BCUT2D eigenvalue weighted by Crippen LogP contribution is -2.57. The van der Waals surface area contributed by atoms with Crippen molar-refractivity contribution in [2.75, 3.05) is 31.1 Å². The summed E-state index contributed by atoms with van der Waals surface area (Å²) in [4.78, 5) is 29.4. The summed E-state index contributed by atoms with van der Waals surface area (Å²) in [6, 6.07) is 15.3. The molecule has 3 rings (SSSR count). The second-order valence-electron chi connectivity index (χ2n) is 7.83. The molecule has 0 aromatic heterocycles. The molecular formula is C23H29FN4O2. The third kappa shape index (κ3) is 5.72. The van der Waals surface area contributed by atoms with Crippen LogP contribution in [0.1, 0.15) is 19.4 Å². The number of nitrogens with one attached hydrogen (secondary N) is 2. The van der Waals surface area contributed by atoms with Crippen molar-refractivity contribution in [2.24, 2.45) is 5.92 Å². The van der Waals surface area contributed by atoms with E-state index >= 15 is 0 Å². The van der Waals surface area contributed by atoms with E-state index in [0.717, 1.165) is 18.8 Å². The first-order chi connectivity index (χ1) is 14.4. The molecule has 1 atom stereocenters. The Kier molecular flexibility index (Phi) is 7.27. The Morgan fingerprint density at radius 2 is 1.70 bits per heavy atom. The Labute approximate surface area is 177 Å². The average molecular weight is 413 g/mol. The predicted molar refractivity (Wildman–Crippen MR) is 116 cm³/mol. The van der Waals surface area contributed by atoms with E-state index in [-0.39, 0.29) is 30.2 Å². The molecule has 1 aliphatic rings. The maximum absolute atomic E-state index is 13.3. The third-order valence-electron chi connectivity index (χ3n) is 5.27. The van der Waals surface area contributed by atoms with Gasteiger partial charge in [-0.15, -0.1) is 0 Å². The van der Waals surface area contributed by atoms with Crippen molar-refractivity contribution < 1.29 is 14.0 Å². The summed E-state index contributed by atoms with van der Waals surface area (Å²) >= 11 is 0. The maximum atomic E-state index is 13.3. The minimum atomic E-state index is -0.654. The van der Waals surface area contributed by atoms with E-state index in [9.17, 15) is 14.0 Å². The lowest BCUT2D eigenvalue weighted by atomic mass is 10.0. The minimum Gasteiger partial charge on any atom is -0.368 e. The van der Waals surface area contributed by atoms with Gasteiger partial charge in [-0.25, -0.2) is 9.18 Å². The highest BCUT2D eigenvalue weighted by atomic mass is 19.1. The summed E-state index contributed by atoms with van der Waals surface area (Å²) in [5.41, 5.74) is 1.82. The van der Waals surface area contributed by atoms with Gasteiger partial charge < -0.3 is 20.4 Å². The molecule has 1 aliphatic heterocycles. The van der Waals surface area contributed by atoms with E-state index in [1.807, 2.05) is 32.0 Å². The van der Waals surface area contributed by atoms with E-state index < -0.39 is 6.04 Å². The van der Waals surface area contributed by atoms with Gasteiger partial charge in [0.15, 0.2) is 0 Å². The first-order valence-corrected chi connectivity index (χ1v) is 10.3. The van der Waals surface area contributed by atoms with E-state index in [0.29, 0.717) is 18.7 Å². The fourth-order valence-electron chi connectivity index (χ4n) is 3.51. The number of rotatable bonds is 6. The number of halogens is 1. The largest absolute Gasteiger partial charge is 0.368 e. The van der Waals surface area contributed by atoms with Crippen LogP contribution in [0, 0.1) is 11.7 Å². The van der Waals surface area contributed by atoms with Gasteiger partial charge in [0, 0.05) is 38.4 Å². The molecule has 160 valence electrons. The van der Waals surface area contributed by atoms with Crippen LogP contribution < -0.4 is 15.5 Å². The number of hydrogen-bond donors (Lipinski definition) is 2. The molecule has 1 saturated heterocycles. The van der Waals surface area contributed by atoms with Crippen molar-refractivity contribution in [1.82, 2.24) is 15.5 Å². The molecule has 30 heavy (non-hydrogen) atoms. The number of carbonyl (C=O) groups excluding carboxylic acids is 2. The van der Waals surface area contributed by atoms with Crippen LogP contribution in [0.3, 0.4) is 0 Å². The van der Waals surface area contributed by atoms with Gasteiger partial charge in [0.25, 0.3) is 0 Å². The highest BCUT2D eigenvalue weighted by Crippen LogP contribution is 2.16. The average Bonchev–Trinajstić information content (AvgIpc) is 2.76. The fraction of sp³-hybridized carbons (Fsp3) is 0.391. The highest BCUT2D eigenvalue weighted by Gasteiger charge is 2.28. The zero-order valence-electron chi connectivity index (χ0n) is 17.5. The molecule has 2 N–H and O–H groups in total. The van der Waals surface area contributed by atoms with Crippen LogP contribution in [0.4, 0.5) is 14.9 Å². The second kappa shape index (κ2) is 10.1. The maximum Gasteiger partial charge on any atom is 0.318 e. The summed E-state index contributed by atoms with van der Waals surface area (Å²) in [5.74, 6) is -0.692. The number of urea groups is 1. The molecular weight excluding hydrogens is 383 g/mol. The summed E-state index contributed by atoms with van der Waals surface area (Å²) in [6.45, 7) is 6.67. The van der Waals surface area contributed by atoms with Gasteiger partial charge >= 0.3 is 6.03 Å². The molecule has 0 bridgehead atoms. The second-order valence-corrected chi connectivity index (χ2v) is 7.83. The molecule has 0 unspecified atom stereocenters. The van der Waals surface area contributed by atoms with Crippen molar-refractivity contribution in [3.8, 4) is 0 Å². The Morgan fingerprint density at radius 3 is 2.33 bits per heavy atom. The van der Waals surface area contributed by atoms with Crippen LogP contribution in [0.15, 0.2) is 54.6 Å². The molecule has 3 amide bonds. The molecule has 7 heteroatoms. The van der Waals surface area contributed by atoms with Crippen LogP contribution in [0.2, 0.25) is 0 Å². The number of anilines is 1. The Balaban J connectivity index is 1.52. The highest BCUT2D eigenvalue weighted by molar-refractivity contribution is 5.87. The van der Waals surface area contributed by atoms with Crippen LogP contribution in [0.5, 0.6) is 0 Å². The molecule has 0 aliphatic carbocycles. The van der Waals surface area contributed by atoms with Gasteiger partial charge in [0.1, 0.15) is 11.9 Å². The fourth-order valence-corrected chi connectivity index (χ4v) is 3.51. The molecule has 0 radical (unpaired) electrons. The minimum absolute atomic E-state index is 0.0768. The van der Waals surface area contributed by atoms with Gasteiger partial charge in [-0.05, 0) is 35.7 Å². The zero-order chi connectivity index (χ0) is 21.5. The summed E-state index contributed by atoms with van der Waals surface area (Å²) in [7, 11) is 0. The quantitative estimate of drug-likeness (QED) is 0.767. The molecule has 1 heterocycles. The first kappa shape index (κ1) is 21.6. The van der Waals surface area contributed by atoms with Crippen LogP contribution >= 0.6 is 0 Å². The monoisotopic (exact) mass is 412 g/mol. The topological polar surface area (TPSA) is 64.7 Å². The zero-order valence-corrected chi connectivity index (χ0v) is 17.5. The molecule has 0 spiro atoms. The molecule has 2 aromatic rings. The molecule has 6 nitrogen and oxygen atoms in total. The molecule has 0 saturated carbocycles. The van der Waals surface area contributed by atoms with Crippen molar-refractivity contribution in [2.45, 2.75) is 26.4 Å². The number of para-hydroxylation sites is 1. The van der Waals surface area contributed by atoms with Crippen molar-refractivity contribution >= 4 is 17.6 Å². The van der Waals surface area contributed by atoms with E-state index in [1.165, 1.54) is 12.1 Å². The number of hydrogen-bond acceptors (Lipinski definition) is 3. The lowest BCUT2D eigenvalue weighted by Gasteiger charge is -2.37. The van der Waals surface area contributed by atoms with Crippen LogP contribution in [-0.4, -0.2) is 49.1 Å².